The standard InChI is InChI=1S/C32H39N9O4S/c1-17(22-6-5-9-39(22)3)41-30-20(12-35-41)29(40-13-18(42)10-31(2,43)15-40)36-28(37-30)25-21-14-44-16-32(26(21)45-38-25)8-4-7-23-24(32)19(11-33)27(34)46-23/h12,17-18,22,42-43H,4-10,13-16,34H2,1-3H3/t17-,18-,22-,31+,32+/m0/s1. The van der Waals surface area contributed by atoms with Gasteiger partial charge in [0.25, 0.3) is 0 Å². The Balaban J connectivity index is 1.30. The van der Waals surface area contributed by atoms with Crippen molar-refractivity contribution in [1.82, 2.24) is 29.8 Å². The Kier molecular flexibility index (Phi) is 6.93. The Labute approximate surface area is 270 Å². The second-order valence-corrected chi connectivity index (χ2v) is 15.0. The number of piperidine rings is 1. The van der Waals surface area contributed by atoms with Crippen LogP contribution in [0.15, 0.2) is 10.7 Å². The molecule has 1 spiro atoms. The molecule has 13 nitrogen and oxygen atoms in total. The molecular weight excluding hydrogens is 606 g/mol. The fourth-order valence-electron chi connectivity index (χ4n) is 8.52. The number of hydrogen-bond donors (Lipinski definition) is 3. The van der Waals surface area contributed by atoms with E-state index in [1.807, 2.05) is 9.58 Å². The lowest BCUT2D eigenvalue weighted by molar-refractivity contribution is -0.00801. The van der Waals surface area contributed by atoms with Crippen LogP contribution in [0.5, 0.6) is 0 Å². The summed E-state index contributed by atoms with van der Waals surface area (Å²) in [6, 6.07) is 2.69. The number of likely N-dealkylation sites (N-methyl/N-ethyl adjacent to an activating group) is 1. The average Bonchev–Trinajstić information content (AvgIpc) is 3.80. The third kappa shape index (κ3) is 4.47. The van der Waals surface area contributed by atoms with Crippen molar-refractivity contribution in [2.45, 2.75) is 88.2 Å². The average molecular weight is 646 g/mol. The van der Waals surface area contributed by atoms with Gasteiger partial charge in [0, 0.05) is 36.0 Å². The first kappa shape index (κ1) is 29.8. The fourth-order valence-corrected chi connectivity index (χ4v) is 9.68. The maximum absolute atomic E-state index is 11.0. The minimum absolute atomic E-state index is 0.0441. The number of thiophene rings is 1. The molecule has 0 unspecified atom stereocenters. The number of anilines is 2. The monoisotopic (exact) mass is 645 g/mol. The summed E-state index contributed by atoms with van der Waals surface area (Å²) in [6.07, 6.45) is 6.07. The molecule has 0 bridgehead atoms. The number of nitriles is 1. The number of aliphatic hydroxyl groups excluding tert-OH is 1. The molecule has 0 saturated carbocycles. The van der Waals surface area contributed by atoms with E-state index in [1.165, 1.54) is 11.3 Å². The molecule has 7 heterocycles. The molecule has 4 aliphatic rings. The minimum Gasteiger partial charge on any atom is -0.391 e. The molecule has 3 aliphatic heterocycles. The smallest absolute Gasteiger partial charge is 0.186 e. The highest BCUT2D eigenvalue weighted by Gasteiger charge is 2.50. The molecule has 4 aromatic rings. The summed E-state index contributed by atoms with van der Waals surface area (Å²) in [7, 11) is 2.15. The Morgan fingerprint density at radius 2 is 2.13 bits per heavy atom. The number of nitrogen functional groups attached to an aromatic ring is 1. The van der Waals surface area contributed by atoms with Gasteiger partial charge in [-0.15, -0.1) is 11.3 Å². The van der Waals surface area contributed by atoms with Crippen LogP contribution in [0.4, 0.5) is 10.8 Å². The normalized spacial score (nSPS) is 28.8. The summed E-state index contributed by atoms with van der Waals surface area (Å²) in [5.74, 6) is 1.63. The van der Waals surface area contributed by atoms with Gasteiger partial charge in [-0.2, -0.15) is 10.4 Å². The molecule has 0 aromatic carbocycles. The SMILES string of the molecule is C[C@@H]([C@@H]1CCCN1C)n1ncc2c(N3C[C@@H](O)C[C@@](C)(O)C3)nc(-c3noc4c3COC[C@@]43CCCc4sc(N)c(C#N)c43)nc21. The largest absolute Gasteiger partial charge is 0.391 e. The van der Waals surface area contributed by atoms with Gasteiger partial charge in [0.1, 0.15) is 16.9 Å². The third-order valence-electron chi connectivity index (χ3n) is 10.5. The maximum Gasteiger partial charge on any atom is 0.186 e. The topological polar surface area (TPSA) is 176 Å². The van der Waals surface area contributed by atoms with Crippen LogP contribution >= 0.6 is 11.3 Å². The van der Waals surface area contributed by atoms with Gasteiger partial charge in [0.15, 0.2) is 22.9 Å². The molecule has 8 rings (SSSR count). The number of fused-ring (bicyclic) bond motifs is 5. The number of nitrogens with zero attached hydrogens (tertiary/aromatic N) is 8. The third-order valence-corrected chi connectivity index (χ3v) is 11.6. The van der Waals surface area contributed by atoms with Gasteiger partial charge in [0.05, 0.1) is 59.1 Å². The van der Waals surface area contributed by atoms with E-state index in [2.05, 4.69) is 30.1 Å². The number of nitrogens with two attached hydrogens (primary N) is 1. The van der Waals surface area contributed by atoms with Gasteiger partial charge in [-0.05, 0) is 59.5 Å². The van der Waals surface area contributed by atoms with Crippen LogP contribution in [0.25, 0.3) is 22.6 Å². The van der Waals surface area contributed by atoms with E-state index in [0.717, 1.165) is 60.0 Å². The van der Waals surface area contributed by atoms with Crippen LogP contribution in [-0.4, -0.2) is 91.1 Å². The number of ether oxygens (including phenoxy) is 1. The van der Waals surface area contributed by atoms with Crippen molar-refractivity contribution in [1.29, 1.82) is 5.26 Å². The number of aliphatic hydroxyl groups is 2. The lowest BCUT2D eigenvalue weighted by Crippen LogP contribution is -2.52. The molecule has 4 N–H and O–H groups in total. The molecular formula is C32H39N9O4S. The van der Waals surface area contributed by atoms with Crippen molar-refractivity contribution in [3.8, 4) is 17.6 Å². The van der Waals surface area contributed by atoms with E-state index in [4.69, 9.17) is 30.1 Å². The summed E-state index contributed by atoms with van der Waals surface area (Å²) in [6.45, 7) is 6.20. The number of aryl methyl sites for hydroxylation is 1. The fraction of sp³-hybridized carbons (Fsp3) is 0.594. The first-order valence-corrected chi connectivity index (χ1v) is 16.9. The molecule has 5 atom stereocenters. The zero-order valence-electron chi connectivity index (χ0n) is 26.4. The van der Waals surface area contributed by atoms with Crippen molar-refractivity contribution in [2.75, 3.05) is 43.9 Å². The number of likely N-dealkylation sites (tertiary alicyclic amines) is 1. The van der Waals surface area contributed by atoms with E-state index >= 15 is 0 Å². The first-order chi connectivity index (χ1) is 22.1. The number of rotatable bonds is 4. The van der Waals surface area contributed by atoms with Crippen LogP contribution in [-0.2, 0) is 23.2 Å². The van der Waals surface area contributed by atoms with Crippen molar-refractivity contribution in [3.63, 3.8) is 0 Å². The zero-order valence-corrected chi connectivity index (χ0v) is 27.2. The van der Waals surface area contributed by atoms with E-state index in [-0.39, 0.29) is 19.1 Å². The zero-order chi connectivity index (χ0) is 32.0. The molecule has 2 fully saturated rings. The molecule has 2 saturated heterocycles. The van der Waals surface area contributed by atoms with Crippen molar-refractivity contribution < 1.29 is 19.5 Å². The van der Waals surface area contributed by atoms with Gasteiger partial charge in [-0.1, -0.05) is 5.16 Å². The summed E-state index contributed by atoms with van der Waals surface area (Å²) in [5.41, 5.74) is 7.86. The lowest BCUT2D eigenvalue weighted by Gasteiger charge is -2.40. The highest BCUT2D eigenvalue weighted by atomic mass is 32.1. The van der Waals surface area contributed by atoms with Crippen LogP contribution < -0.4 is 10.6 Å². The van der Waals surface area contributed by atoms with E-state index in [0.29, 0.717) is 65.0 Å². The van der Waals surface area contributed by atoms with Crippen LogP contribution in [0.3, 0.4) is 0 Å². The molecule has 14 heteroatoms. The molecule has 0 radical (unpaired) electrons. The maximum atomic E-state index is 11.0. The molecule has 46 heavy (non-hydrogen) atoms. The van der Waals surface area contributed by atoms with E-state index in [1.54, 1.807) is 13.1 Å². The summed E-state index contributed by atoms with van der Waals surface area (Å²) in [4.78, 5) is 15.5. The molecule has 0 amide bonds. The number of aromatic nitrogens is 5. The molecule has 4 aromatic heterocycles. The molecule has 242 valence electrons. The predicted octanol–water partition coefficient (Wildman–Crippen LogP) is 3.13. The van der Waals surface area contributed by atoms with E-state index < -0.39 is 17.1 Å². The van der Waals surface area contributed by atoms with Crippen molar-refractivity contribution in [2.24, 2.45) is 0 Å². The predicted molar refractivity (Wildman–Crippen MR) is 171 cm³/mol. The summed E-state index contributed by atoms with van der Waals surface area (Å²) < 4.78 is 14.5. The summed E-state index contributed by atoms with van der Waals surface area (Å²) >= 11 is 1.48. The van der Waals surface area contributed by atoms with Crippen LogP contribution in [0, 0.1) is 11.3 Å². The summed E-state index contributed by atoms with van der Waals surface area (Å²) in [5, 5.41) is 42.6. The van der Waals surface area contributed by atoms with Gasteiger partial charge in [-0.3, -0.25) is 0 Å². The quantitative estimate of drug-likeness (QED) is 0.296. The van der Waals surface area contributed by atoms with Gasteiger partial charge >= 0.3 is 0 Å². The first-order valence-electron chi connectivity index (χ1n) is 16.1. The highest BCUT2D eigenvalue weighted by molar-refractivity contribution is 7.16. The lowest BCUT2D eigenvalue weighted by atomic mass is 9.68. The Morgan fingerprint density at radius 1 is 1.28 bits per heavy atom. The van der Waals surface area contributed by atoms with Crippen LogP contribution in [0.2, 0.25) is 0 Å². The van der Waals surface area contributed by atoms with Gasteiger partial charge < -0.3 is 35.0 Å². The van der Waals surface area contributed by atoms with Crippen LogP contribution in [0.1, 0.15) is 79.3 Å². The second kappa shape index (κ2) is 10.7. The van der Waals surface area contributed by atoms with Gasteiger partial charge in [-0.25, -0.2) is 14.6 Å². The second-order valence-electron chi connectivity index (χ2n) is 13.9. The molecule has 1 aliphatic carbocycles. The number of β-amino-alcohol motifs (C(OH)–C–C–N with tert-alkyl or cyclic N) is 2. The Hall–Kier alpha value is -3.61. The Bertz CT molecular complexity index is 1870. The highest BCUT2D eigenvalue weighted by Crippen LogP contribution is 2.52. The van der Waals surface area contributed by atoms with Crippen molar-refractivity contribution in [3.05, 3.63) is 33.5 Å². The number of hydrogen-bond acceptors (Lipinski definition) is 13. The Morgan fingerprint density at radius 3 is 2.89 bits per heavy atom. The van der Waals surface area contributed by atoms with Gasteiger partial charge in [0.2, 0.25) is 0 Å². The minimum atomic E-state index is -1.10. The van der Waals surface area contributed by atoms with E-state index in [9.17, 15) is 15.5 Å². The van der Waals surface area contributed by atoms with Crippen molar-refractivity contribution >= 4 is 33.2 Å².